The number of anilines is 3. The van der Waals surface area contributed by atoms with Crippen LogP contribution in [-0.2, 0) is 5.41 Å². The summed E-state index contributed by atoms with van der Waals surface area (Å²) in [6, 6.07) is 40.9. The van der Waals surface area contributed by atoms with E-state index in [4.69, 9.17) is 4.74 Å². The predicted octanol–water partition coefficient (Wildman–Crippen LogP) is 9.13. The standard InChI is InChI=1S/C36H30N4O/c1-36(2,29-21-27(25-37-26-29)34-17-9-11-19-38-34)28-22-32(24-33(23-28)41-35-18-10-12-20-39-35)40(30-13-5-3-6-14-30)31-15-7-4-8-16-31/h3-26H,1-2H3. The van der Waals surface area contributed by atoms with Crippen LogP contribution in [-0.4, -0.2) is 15.0 Å². The van der Waals surface area contributed by atoms with Gasteiger partial charge in [-0.25, -0.2) is 4.98 Å². The van der Waals surface area contributed by atoms with E-state index < -0.39 is 5.41 Å². The van der Waals surface area contributed by atoms with Gasteiger partial charge in [-0.2, -0.15) is 0 Å². The molecule has 0 fully saturated rings. The summed E-state index contributed by atoms with van der Waals surface area (Å²) in [5.41, 5.74) is 6.71. The van der Waals surface area contributed by atoms with Crippen LogP contribution < -0.4 is 9.64 Å². The Balaban J connectivity index is 1.50. The minimum atomic E-state index is -0.408. The van der Waals surface area contributed by atoms with E-state index >= 15 is 0 Å². The van der Waals surface area contributed by atoms with Crippen molar-refractivity contribution < 1.29 is 4.74 Å². The van der Waals surface area contributed by atoms with Gasteiger partial charge in [0.05, 0.1) is 11.4 Å². The number of ether oxygens (including phenoxy) is 1. The Morgan fingerprint density at radius 3 is 1.88 bits per heavy atom. The highest BCUT2D eigenvalue weighted by Crippen LogP contribution is 2.42. The third-order valence-corrected chi connectivity index (χ3v) is 7.18. The Labute approximate surface area is 240 Å². The van der Waals surface area contributed by atoms with Gasteiger partial charge >= 0.3 is 0 Å². The van der Waals surface area contributed by atoms with Crippen molar-refractivity contribution in [3.8, 4) is 22.9 Å². The number of aromatic nitrogens is 3. The molecule has 0 aliphatic rings. The Hall–Kier alpha value is -5.29. The van der Waals surface area contributed by atoms with Crippen molar-refractivity contribution in [1.82, 2.24) is 15.0 Å². The van der Waals surface area contributed by atoms with Crippen molar-refractivity contribution in [1.29, 1.82) is 0 Å². The van der Waals surface area contributed by atoms with E-state index in [0.717, 1.165) is 39.4 Å². The second-order valence-corrected chi connectivity index (χ2v) is 10.3. The molecule has 0 amide bonds. The minimum absolute atomic E-state index is 0.408. The van der Waals surface area contributed by atoms with Crippen molar-refractivity contribution in [3.63, 3.8) is 0 Å². The highest BCUT2D eigenvalue weighted by atomic mass is 16.5. The molecule has 0 saturated carbocycles. The SMILES string of the molecule is CC(C)(c1cncc(-c2ccccn2)c1)c1cc(Oc2ccccn2)cc(N(c2ccccc2)c2ccccc2)c1. The van der Waals surface area contributed by atoms with Gasteiger partial charge in [0.2, 0.25) is 5.88 Å². The highest BCUT2D eigenvalue weighted by Gasteiger charge is 2.27. The Morgan fingerprint density at radius 2 is 1.24 bits per heavy atom. The number of rotatable bonds is 8. The van der Waals surface area contributed by atoms with Crippen LogP contribution in [0.3, 0.4) is 0 Å². The first-order valence-electron chi connectivity index (χ1n) is 13.6. The molecule has 0 bridgehead atoms. The van der Waals surface area contributed by atoms with Crippen LogP contribution in [0.1, 0.15) is 25.0 Å². The van der Waals surface area contributed by atoms with Crippen LogP contribution in [0.15, 0.2) is 146 Å². The summed E-state index contributed by atoms with van der Waals surface area (Å²) in [5.74, 6) is 1.24. The lowest BCUT2D eigenvalue weighted by atomic mass is 9.78. The summed E-state index contributed by atoms with van der Waals surface area (Å²) in [6.07, 6.45) is 7.34. The zero-order valence-corrected chi connectivity index (χ0v) is 23.1. The van der Waals surface area contributed by atoms with Crippen LogP contribution in [0.4, 0.5) is 17.1 Å². The van der Waals surface area contributed by atoms with Gasteiger partial charge in [0.15, 0.2) is 0 Å². The molecule has 0 unspecified atom stereocenters. The van der Waals surface area contributed by atoms with Crippen LogP contribution in [0, 0.1) is 0 Å². The van der Waals surface area contributed by atoms with Gasteiger partial charge in [0.25, 0.3) is 0 Å². The second-order valence-electron chi connectivity index (χ2n) is 10.3. The van der Waals surface area contributed by atoms with Crippen molar-refractivity contribution >= 4 is 17.1 Å². The molecule has 41 heavy (non-hydrogen) atoms. The van der Waals surface area contributed by atoms with E-state index in [1.54, 1.807) is 12.4 Å². The van der Waals surface area contributed by atoms with Gasteiger partial charge in [0, 0.05) is 59.3 Å². The first-order chi connectivity index (χ1) is 20.1. The normalized spacial score (nSPS) is 11.2. The predicted molar refractivity (Wildman–Crippen MR) is 165 cm³/mol. The topological polar surface area (TPSA) is 51.1 Å². The van der Waals surface area contributed by atoms with E-state index in [1.807, 2.05) is 60.9 Å². The third kappa shape index (κ3) is 5.70. The van der Waals surface area contributed by atoms with Crippen molar-refractivity contribution in [2.24, 2.45) is 0 Å². The maximum atomic E-state index is 6.34. The molecule has 0 saturated heterocycles. The summed E-state index contributed by atoms with van der Waals surface area (Å²) >= 11 is 0. The molecule has 200 valence electrons. The van der Waals surface area contributed by atoms with E-state index in [-0.39, 0.29) is 0 Å². The molecular formula is C36H30N4O. The Kier molecular flexibility index (Phi) is 7.25. The fraction of sp³-hybridized carbons (Fsp3) is 0.0833. The zero-order valence-electron chi connectivity index (χ0n) is 23.1. The molecule has 0 N–H and O–H groups in total. The number of hydrogen-bond acceptors (Lipinski definition) is 5. The maximum Gasteiger partial charge on any atom is 0.219 e. The van der Waals surface area contributed by atoms with E-state index in [9.17, 15) is 0 Å². The summed E-state index contributed by atoms with van der Waals surface area (Å²) in [5, 5.41) is 0. The van der Waals surface area contributed by atoms with Crippen LogP contribution in [0.25, 0.3) is 11.3 Å². The lowest BCUT2D eigenvalue weighted by molar-refractivity contribution is 0.461. The molecule has 5 nitrogen and oxygen atoms in total. The van der Waals surface area contributed by atoms with E-state index in [1.165, 1.54) is 0 Å². The summed E-state index contributed by atoms with van der Waals surface area (Å²) < 4.78 is 6.34. The first kappa shape index (κ1) is 26.0. The van der Waals surface area contributed by atoms with E-state index in [2.05, 4.69) is 106 Å². The smallest absolute Gasteiger partial charge is 0.219 e. The van der Waals surface area contributed by atoms with Gasteiger partial charge in [-0.1, -0.05) is 62.4 Å². The molecule has 5 heteroatoms. The summed E-state index contributed by atoms with van der Waals surface area (Å²) in [6.45, 7) is 4.43. The van der Waals surface area contributed by atoms with E-state index in [0.29, 0.717) is 11.6 Å². The molecule has 6 aromatic rings. The van der Waals surface area contributed by atoms with Crippen molar-refractivity contribution in [2.45, 2.75) is 19.3 Å². The maximum absolute atomic E-state index is 6.34. The fourth-order valence-electron chi connectivity index (χ4n) is 4.88. The molecule has 0 radical (unpaired) electrons. The average molecular weight is 535 g/mol. The monoisotopic (exact) mass is 534 g/mol. The van der Waals surface area contributed by atoms with Crippen LogP contribution in [0.5, 0.6) is 11.6 Å². The molecular weight excluding hydrogens is 504 g/mol. The molecule has 3 heterocycles. The summed E-state index contributed by atoms with van der Waals surface area (Å²) in [7, 11) is 0. The molecule has 0 aliphatic carbocycles. The second kappa shape index (κ2) is 11.4. The number of nitrogens with zero attached hydrogens (tertiary/aromatic N) is 4. The summed E-state index contributed by atoms with van der Waals surface area (Å²) in [4.78, 5) is 15.8. The molecule has 3 aromatic heterocycles. The third-order valence-electron chi connectivity index (χ3n) is 7.18. The minimum Gasteiger partial charge on any atom is -0.439 e. The van der Waals surface area contributed by atoms with Crippen molar-refractivity contribution in [2.75, 3.05) is 4.90 Å². The molecule has 0 spiro atoms. The molecule has 6 rings (SSSR count). The van der Waals surface area contributed by atoms with Gasteiger partial charge < -0.3 is 9.64 Å². The van der Waals surface area contributed by atoms with Gasteiger partial charge in [-0.3, -0.25) is 9.97 Å². The van der Waals surface area contributed by atoms with Gasteiger partial charge in [0.1, 0.15) is 5.75 Å². The number of para-hydroxylation sites is 2. The lowest BCUT2D eigenvalue weighted by Gasteiger charge is -2.30. The number of hydrogen-bond donors (Lipinski definition) is 0. The van der Waals surface area contributed by atoms with Gasteiger partial charge in [-0.15, -0.1) is 0 Å². The molecule has 0 atom stereocenters. The van der Waals surface area contributed by atoms with Crippen molar-refractivity contribution in [3.05, 3.63) is 157 Å². The van der Waals surface area contributed by atoms with Crippen LogP contribution in [0.2, 0.25) is 0 Å². The Bertz CT molecular complexity index is 1680. The molecule has 0 aliphatic heterocycles. The Morgan fingerprint density at radius 1 is 0.585 bits per heavy atom. The average Bonchev–Trinajstić information content (AvgIpc) is 3.03. The van der Waals surface area contributed by atoms with Crippen LogP contribution >= 0.6 is 0 Å². The lowest BCUT2D eigenvalue weighted by Crippen LogP contribution is -2.20. The zero-order chi connectivity index (χ0) is 28.1. The molecule has 3 aromatic carbocycles. The highest BCUT2D eigenvalue weighted by molar-refractivity contribution is 5.78. The largest absolute Gasteiger partial charge is 0.439 e. The first-order valence-corrected chi connectivity index (χ1v) is 13.6. The fourth-order valence-corrected chi connectivity index (χ4v) is 4.88. The van der Waals surface area contributed by atoms with Gasteiger partial charge in [-0.05, 0) is 71.8 Å². The quantitative estimate of drug-likeness (QED) is 0.195. The number of pyridine rings is 3. The number of benzene rings is 3.